The van der Waals surface area contributed by atoms with E-state index in [1.807, 2.05) is 30.3 Å². The van der Waals surface area contributed by atoms with Crippen molar-refractivity contribution >= 4 is 10.0 Å². The number of rotatable bonds is 8. The van der Waals surface area contributed by atoms with Gasteiger partial charge in [0.05, 0.1) is 14.2 Å². The van der Waals surface area contributed by atoms with Crippen LogP contribution < -0.4 is 14.2 Å². The van der Waals surface area contributed by atoms with Crippen LogP contribution >= 0.6 is 0 Å². The third-order valence-corrected chi connectivity index (χ3v) is 6.40. The molecule has 28 heavy (non-hydrogen) atoms. The van der Waals surface area contributed by atoms with Gasteiger partial charge in [0.2, 0.25) is 10.0 Å². The molecule has 0 bridgehead atoms. The van der Waals surface area contributed by atoms with Gasteiger partial charge in [-0.1, -0.05) is 30.3 Å². The van der Waals surface area contributed by atoms with Gasteiger partial charge in [-0.3, -0.25) is 4.90 Å². The van der Waals surface area contributed by atoms with Crippen LogP contribution in [0.15, 0.2) is 47.4 Å². The molecule has 6 nitrogen and oxygen atoms in total. The largest absolute Gasteiger partial charge is 0.493 e. The van der Waals surface area contributed by atoms with Gasteiger partial charge in [0.25, 0.3) is 0 Å². The predicted molar refractivity (Wildman–Crippen MR) is 105 cm³/mol. The maximum absolute atomic E-state index is 14.4. The van der Waals surface area contributed by atoms with Crippen molar-refractivity contribution in [3.8, 4) is 11.5 Å². The Morgan fingerprint density at radius 1 is 1.07 bits per heavy atom. The molecule has 0 unspecified atom stereocenters. The number of methoxy groups -OCH3 is 2. The number of likely N-dealkylation sites (tertiary alicyclic amines) is 1. The number of nitrogens with zero attached hydrogens (tertiary/aromatic N) is 1. The molecule has 1 fully saturated rings. The Labute approximate surface area is 165 Å². The van der Waals surface area contributed by atoms with E-state index >= 15 is 0 Å². The monoisotopic (exact) mass is 408 g/mol. The smallest absolute Gasteiger partial charge is 0.243 e. The highest BCUT2D eigenvalue weighted by atomic mass is 32.2. The summed E-state index contributed by atoms with van der Waals surface area (Å²) >= 11 is 0. The van der Waals surface area contributed by atoms with Crippen molar-refractivity contribution < 1.29 is 22.3 Å². The Balaban J connectivity index is 1.85. The van der Waals surface area contributed by atoms with Crippen molar-refractivity contribution in [3.05, 3.63) is 53.8 Å². The highest BCUT2D eigenvalue weighted by Gasteiger charge is 2.27. The summed E-state index contributed by atoms with van der Waals surface area (Å²) in [4.78, 5) is 1.79. The van der Waals surface area contributed by atoms with Crippen molar-refractivity contribution in [2.75, 3.05) is 33.9 Å². The minimum Gasteiger partial charge on any atom is -0.493 e. The molecule has 1 atom stereocenters. The van der Waals surface area contributed by atoms with Crippen LogP contribution in [0, 0.1) is 5.82 Å². The fourth-order valence-electron chi connectivity index (χ4n) is 3.49. The second-order valence-electron chi connectivity index (χ2n) is 6.66. The van der Waals surface area contributed by atoms with Gasteiger partial charge in [-0.15, -0.1) is 0 Å². The molecule has 3 rings (SSSR count). The van der Waals surface area contributed by atoms with E-state index in [-0.39, 0.29) is 24.1 Å². The second kappa shape index (κ2) is 8.89. The molecule has 8 heteroatoms. The van der Waals surface area contributed by atoms with E-state index in [1.165, 1.54) is 14.2 Å². The molecule has 0 aliphatic carbocycles. The van der Waals surface area contributed by atoms with Crippen LogP contribution in [-0.4, -0.2) is 47.2 Å². The number of sulfonamides is 1. The van der Waals surface area contributed by atoms with Crippen LogP contribution in [0.4, 0.5) is 4.39 Å². The van der Waals surface area contributed by atoms with Gasteiger partial charge in [0, 0.05) is 24.7 Å². The molecule has 2 aromatic carbocycles. The summed E-state index contributed by atoms with van der Waals surface area (Å²) in [6.07, 6.45) is 2.17. The first-order chi connectivity index (χ1) is 13.5. The van der Waals surface area contributed by atoms with Crippen molar-refractivity contribution in [2.24, 2.45) is 0 Å². The van der Waals surface area contributed by atoms with Crippen LogP contribution in [0.1, 0.15) is 24.4 Å². The fraction of sp³-hybridized carbons (Fsp3) is 0.400. The Kier molecular flexibility index (Phi) is 6.53. The first-order valence-electron chi connectivity index (χ1n) is 9.16. The summed E-state index contributed by atoms with van der Waals surface area (Å²) in [7, 11) is -1.33. The average molecular weight is 408 g/mol. The zero-order valence-electron chi connectivity index (χ0n) is 16.0. The second-order valence-corrected chi connectivity index (χ2v) is 8.39. The van der Waals surface area contributed by atoms with Crippen LogP contribution in [0.2, 0.25) is 0 Å². The summed E-state index contributed by atoms with van der Waals surface area (Å²) < 4.78 is 52.8. The molecule has 0 amide bonds. The molecule has 152 valence electrons. The minimum absolute atomic E-state index is 0.110. The molecule has 1 heterocycles. The number of nitrogens with one attached hydrogen (secondary N) is 1. The molecule has 1 aliphatic rings. The first kappa shape index (κ1) is 20.6. The minimum atomic E-state index is -4.07. The van der Waals surface area contributed by atoms with Gasteiger partial charge in [-0.2, -0.15) is 0 Å². The number of ether oxygens (including phenoxy) is 2. The Bertz CT molecular complexity index is 900. The van der Waals surface area contributed by atoms with E-state index in [2.05, 4.69) is 9.62 Å². The van der Waals surface area contributed by atoms with Crippen LogP contribution in [0.5, 0.6) is 11.5 Å². The number of benzene rings is 2. The lowest BCUT2D eigenvalue weighted by Crippen LogP contribution is -2.37. The zero-order valence-corrected chi connectivity index (χ0v) is 16.8. The van der Waals surface area contributed by atoms with Gasteiger partial charge < -0.3 is 9.47 Å². The molecule has 1 saturated heterocycles. The normalized spacial score (nSPS) is 16.1. The first-order valence-corrected chi connectivity index (χ1v) is 10.6. The summed E-state index contributed by atoms with van der Waals surface area (Å²) in [5, 5.41) is 0. The molecule has 0 radical (unpaired) electrons. The van der Waals surface area contributed by atoms with Gasteiger partial charge >= 0.3 is 0 Å². The van der Waals surface area contributed by atoms with Crippen molar-refractivity contribution in [3.63, 3.8) is 0 Å². The van der Waals surface area contributed by atoms with Gasteiger partial charge in [0.15, 0.2) is 11.5 Å². The maximum Gasteiger partial charge on any atom is 0.243 e. The average Bonchev–Trinajstić information content (AvgIpc) is 3.23. The molecular weight excluding hydrogens is 383 g/mol. The van der Waals surface area contributed by atoms with Gasteiger partial charge in [-0.25, -0.2) is 17.5 Å². The zero-order chi connectivity index (χ0) is 20.1. The Morgan fingerprint density at radius 3 is 2.29 bits per heavy atom. The van der Waals surface area contributed by atoms with Crippen LogP contribution in [-0.2, 0) is 10.0 Å². The summed E-state index contributed by atoms with van der Waals surface area (Å²) in [5.74, 6) is -0.593. The fourth-order valence-corrected chi connectivity index (χ4v) is 4.60. The topological polar surface area (TPSA) is 67.9 Å². The molecule has 0 aromatic heterocycles. The Hall–Kier alpha value is -2.16. The van der Waals surface area contributed by atoms with Crippen LogP contribution in [0.3, 0.4) is 0 Å². The molecule has 1 aliphatic heterocycles. The Morgan fingerprint density at radius 2 is 1.68 bits per heavy atom. The van der Waals surface area contributed by atoms with E-state index in [1.54, 1.807) is 0 Å². The van der Waals surface area contributed by atoms with Crippen molar-refractivity contribution in [1.29, 1.82) is 0 Å². The summed E-state index contributed by atoms with van der Waals surface area (Å²) in [6.45, 7) is 1.97. The lowest BCUT2D eigenvalue weighted by atomic mass is 10.1. The van der Waals surface area contributed by atoms with Crippen molar-refractivity contribution in [1.82, 2.24) is 9.62 Å². The molecule has 1 N–H and O–H groups in total. The lowest BCUT2D eigenvalue weighted by Gasteiger charge is -2.28. The summed E-state index contributed by atoms with van der Waals surface area (Å²) in [5.41, 5.74) is 1.03. The maximum atomic E-state index is 14.4. The lowest BCUT2D eigenvalue weighted by molar-refractivity contribution is 0.246. The molecular formula is C20H25FN2O4S. The standard InChI is InChI=1S/C20H25FN2O4S/c1-26-18-12-16(21)20(13-19(18)27-2)28(24,25)22-14-17(23-10-6-7-11-23)15-8-4-3-5-9-15/h3-5,8-9,12-13,17,22H,6-7,10-11,14H2,1-2H3/t17-/m1/s1. The quantitative estimate of drug-likeness (QED) is 0.727. The van der Waals surface area contributed by atoms with Crippen LogP contribution in [0.25, 0.3) is 0 Å². The molecule has 0 saturated carbocycles. The number of halogens is 1. The highest BCUT2D eigenvalue weighted by molar-refractivity contribution is 7.89. The van der Waals surface area contributed by atoms with E-state index < -0.39 is 20.7 Å². The highest BCUT2D eigenvalue weighted by Crippen LogP contribution is 2.32. The molecule has 2 aromatic rings. The molecule has 0 spiro atoms. The van der Waals surface area contributed by atoms with E-state index in [9.17, 15) is 12.8 Å². The number of hydrogen-bond acceptors (Lipinski definition) is 5. The SMILES string of the molecule is COc1cc(F)c(S(=O)(=O)NC[C@H](c2ccccc2)N2CCCC2)cc1OC. The van der Waals surface area contributed by atoms with Gasteiger partial charge in [-0.05, 0) is 31.5 Å². The number of hydrogen-bond donors (Lipinski definition) is 1. The third kappa shape index (κ3) is 4.45. The van der Waals surface area contributed by atoms with Gasteiger partial charge in [0.1, 0.15) is 10.7 Å². The van der Waals surface area contributed by atoms with E-state index in [0.29, 0.717) is 0 Å². The van der Waals surface area contributed by atoms with E-state index in [0.717, 1.165) is 43.6 Å². The summed E-state index contributed by atoms with van der Waals surface area (Å²) in [6, 6.07) is 11.8. The predicted octanol–water partition coefficient (Wildman–Crippen LogP) is 2.96. The van der Waals surface area contributed by atoms with Crippen molar-refractivity contribution in [2.45, 2.75) is 23.8 Å². The third-order valence-electron chi connectivity index (χ3n) is 4.96. The van der Waals surface area contributed by atoms with E-state index in [4.69, 9.17) is 9.47 Å².